The van der Waals surface area contributed by atoms with Crippen LogP contribution >= 0.6 is 0 Å². The first-order valence-electron chi connectivity index (χ1n) is 7.25. The maximum atomic E-state index is 6.01. The molecular formula is C14H24N4O2. The van der Waals surface area contributed by atoms with E-state index in [1.807, 2.05) is 0 Å². The molecule has 0 saturated heterocycles. The average molecular weight is 280 g/mol. The minimum absolute atomic E-state index is 0.240. The maximum Gasteiger partial charge on any atom is 0.219 e. The van der Waals surface area contributed by atoms with E-state index in [9.17, 15) is 0 Å². The van der Waals surface area contributed by atoms with Gasteiger partial charge in [-0.05, 0) is 25.2 Å². The Labute approximate surface area is 120 Å². The minimum atomic E-state index is 0.240. The van der Waals surface area contributed by atoms with E-state index in [1.54, 1.807) is 13.2 Å². The summed E-state index contributed by atoms with van der Waals surface area (Å²) in [6.45, 7) is 2.58. The van der Waals surface area contributed by atoms with Gasteiger partial charge in [0.1, 0.15) is 18.5 Å². The fourth-order valence-electron chi connectivity index (χ4n) is 2.69. The van der Waals surface area contributed by atoms with E-state index in [0.717, 1.165) is 18.8 Å². The van der Waals surface area contributed by atoms with E-state index in [2.05, 4.69) is 22.3 Å². The van der Waals surface area contributed by atoms with Crippen LogP contribution in [0.3, 0.4) is 0 Å². The molecule has 20 heavy (non-hydrogen) atoms. The zero-order chi connectivity index (χ0) is 14.4. The Balaban J connectivity index is 2.05. The second kappa shape index (κ2) is 7.40. The third-order valence-corrected chi connectivity index (χ3v) is 3.77. The van der Waals surface area contributed by atoms with Crippen LogP contribution in [0.25, 0.3) is 0 Å². The van der Waals surface area contributed by atoms with Crippen LogP contribution in [0.4, 0.5) is 5.82 Å². The second-order valence-electron chi connectivity index (χ2n) is 5.27. The molecule has 2 rings (SSSR count). The van der Waals surface area contributed by atoms with Gasteiger partial charge in [0.25, 0.3) is 0 Å². The summed E-state index contributed by atoms with van der Waals surface area (Å²) in [6.07, 6.45) is 6.18. The first-order valence-corrected chi connectivity index (χ1v) is 7.25. The highest BCUT2D eigenvalue weighted by molar-refractivity contribution is 5.37. The van der Waals surface area contributed by atoms with Gasteiger partial charge in [-0.3, -0.25) is 0 Å². The number of ether oxygens (including phenoxy) is 2. The van der Waals surface area contributed by atoms with Crippen LogP contribution < -0.4 is 16.0 Å². The van der Waals surface area contributed by atoms with Gasteiger partial charge in [0, 0.05) is 13.2 Å². The van der Waals surface area contributed by atoms with Gasteiger partial charge in [0.2, 0.25) is 5.88 Å². The Hall–Kier alpha value is -1.40. The van der Waals surface area contributed by atoms with Gasteiger partial charge in [-0.25, -0.2) is 10.8 Å². The van der Waals surface area contributed by atoms with Crippen LogP contribution in [0.15, 0.2) is 6.07 Å². The van der Waals surface area contributed by atoms with Crippen molar-refractivity contribution in [2.75, 3.05) is 12.5 Å². The van der Waals surface area contributed by atoms with Crippen LogP contribution in [0.1, 0.15) is 44.9 Å². The van der Waals surface area contributed by atoms with Crippen molar-refractivity contribution in [3.8, 4) is 5.88 Å². The van der Waals surface area contributed by atoms with Crippen molar-refractivity contribution < 1.29 is 9.47 Å². The highest BCUT2D eigenvalue weighted by atomic mass is 16.5. The molecule has 112 valence electrons. The largest absolute Gasteiger partial charge is 0.474 e. The first kappa shape index (κ1) is 15.0. The molecule has 2 unspecified atom stereocenters. The van der Waals surface area contributed by atoms with E-state index in [0.29, 0.717) is 24.1 Å². The average Bonchev–Trinajstić information content (AvgIpc) is 2.47. The number of aromatic nitrogens is 2. The molecular weight excluding hydrogens is 256 g/mol. The van der Waals surface area contributed by atoms with E-state index < -0.39 is 0 Å². The van der Waals surface area contributed by atoms with Crippen molar-refractivity contribution in [1.82, 2.24) is 9.97 Å². The summed E-state index contributed by atoms with van der Waals surface area (Å²) < 4.78 is 11.1. The molecule has 1 heterocycles. The molecule has 1 saturated carbocycles. The van der Waals surface area contributed by atoms with Gasteiger partial charge in [-0.15, -0.1) is 0 Å². The van der Waals surface area contributed by atoms with Gasteiger partial charge in [-0.2, -0.15) is 4.98 Å². The molecule has 2 atom stereocenters. The number of nitrogens with one attached hydrogen (secondary N) is 1. The maximum absolute atomic E-state index is 6.01. The number of methoxy groups -OCH3 is 1. The lowest BCUT2D eigenvalue weighted by atomic mass is 9.85. The van der Waals surface area contributed by atoms with Crippen molar-refractivity contribution in [1.29, 1.82) is 0 Å². The summed E-state index contributed by atoms with van der Waals surface area (Å²) >= 11 is 0. The van der Waals surface area contributed by atoms with Crippen molar-refractivity contribution in [2.24, 2.45) is 11.8 Å². The number of rotatable bonds is 6. The SMILES string of the molecule is CCC1CCCC(Oc2cc(NN)nc(COC)n2)C1. The summed E-state index contributed by atoms with van der Waals surface area (Å²) in [6, 6.07) is 1.73. The Morgan fingerprint density at radius 2 is 2.25 bits per heavy atom. The van der Waals surface area contributed by atoms with Gasteiger partial charge < -0.3 is 14.9 Å². The molecule has 0 amide bonds. The lowest BCUT2D eigenvalue weighted by molar-refractivity contribution is 0.115. The highest BCUT2D eigenvalue weighted by Gasteiger charge is 2.22. The standard InChI is InChI=1S/C14H24N4O2/c1-3-10-5-4-6-11(7-10)20-14-8-12(18-15)16-13(17-14)9-19-2/h8,10-11H,3-7,9,15H2,1-2H3,(H,16,17,18). The zero-order valence-corrected chi connectivity index (χ0v) is 12.3. The highest BCUT2D eigenvalue weighted by Crippen LogP contribution is 2.29. The van der Waals surface area contributed by atoms with Crippen LogP contribution in [-0.4, -0.2) is 23.2 Å². The van der Waals surface area contributed by atoms with Crippen LogP contribution in [0.5, 0.6) is 5.88 Å². The lowest BCUT2D eigenvalue weighted by Crippen LogP contribution is -2.25. The van der Waals surface area contributed by atoms with Crippen molar-refractivity contribution in [2.45, 2.75) is 51.7 Å². The summed E-state index contributed by atoms with van der Waals surface area (Å²) in [5, 5.41) is 0. The van der Waals surface area contributed by atoms with E-state index in [-0.39, 0.29) is 6.10 Å². The summed E-state index contributed by atoms with van der Waals surface area (Å²) in [5.41, 5.74) is 2.54. The monoisotopic (exact) mass is 280 g/mol. The molecule has 1 aliphatic carbocycles. The number of nitrogens with two attached hydrogens (primary N) is 1. The molecule has 0 radical (unpaired) electrons. The van der Waals surface area contributed by atoms with Gasteiger partial charge >= 0.3 is 0 Å². The molecule has 6 nitrogen and oxygen atoms in total. The number of anilines is 1. The third kappa shape index (κ3) is 4.05. The van der Waals surface area contributed by atoms with E-state index in [1.165, 1.54) is 19.3 Å². The summed E-state index contributed by atoms with van der Waals surface area (Å²) in [7, 11) is 1.61. The van der Waals surface area contributed by atoms with E-state index >= 15 is 0 Å². The molecule has 0 spiro atoms. The normalized spacial score (nSPS) is 22.6. The predicted molar refractivity (Wildman–Crippen MR) is 77.2 cm³/mol. The van der Waals surface area contributed by atoms with Crippen molar-refractivity contribution >= 4 is 5.82 Å². The minimum Gasteiger partial charge on any atom is -0.474 e. The Kier molecular flexibility index (Phi) is 5.55. The molecule has 6 heteroatoms. The Bertz CT molecular complexity index is 428. The van der Waals surface area contributed by atoms with Gasteiger partial charge in [0.05, 0.1) is 0 Å². The van der Waals surface area contributed by atoms with Crippen LogP contribution in [0, 0.1) is 5.92 Å². The summed E-state index contributed by atoms with van der Waals surface area (Å²) in [4.78, 5) is 8.58. The molecule has 1 fully saturated rings. The van der Waals surface area contributed by atoms with Gasteiger partial charge in [0.15, 0.2) is 5.82 Å². The zero-order valence-electron chi connectivity index (χ0n) is 12.3. The van der Waals surface area contributed by atoms with Crippen molar-refractivity contribution in [3.05, 3.63) is 11.9 Å². The van der Waals surface area contributed by atoms with Gasteiger partial charge in [-0.1, -0.05) is 19.8 Å². The fourth-order valence-corrected chi connectivity index (χ4v) is 2.69. The number of hydrogen-bond acceptors (Lipinski definition) is 6. The summed E-state index contributed by atoms with van der Waals surface area (Å²) in [5.74, 6) is 7.88. The smallest absolute Gasteiger partial charge is 0.219 e. The number of hydrazine groups is 1. The second-order valence-corrected chi connectivity index (χ2v) is 5.27. The lowest BCUT2D eigenvalue weighted by Gasteiger charge is -2.28. The molecule has 1 aliphatic rings. The third-order valence-electron chi connectivity index (χ3n) is 3.77. The number of nitrogens with zero attached hydrogens (tertiary/aromatic N) is 2. The molecule has 0 aliphatic heterocycles. The first-order chi connectivity index (χ1) is 9.75. The predicted octanol–water partition coefficient (Wildman–Crippen LogP) is 2.26. The molecule has 1 aromatic heterocycles. The van der Waals surface area contributed by atoms with Crippen LogP contribution in [-0.2, 0) is 11.3 Å². The Morgan fingerprint density at radius 3 is 2.95 bits per heavy atom. The van der Waals surface area contributed by atoms with Crippen LogP contribution in [0.2, 0.25) is 0 Å². The molecule has 3 N–H and O–H groups in total. The molecule has 1 aromatic rings. The van der Waals surface area contributed by atoms with E-state index in [4.69, 9.17) is 15.3 Å². The quantitative estimate of drug-likeness (QED) is 0.614. The number of hydrogen-bond donors (Lipinski definition) is 2. The Morgan fingerprint density at radius 1 is 1.40 bits per heavy atom. The van der Waals surface area contributed by atoms with Crippen molar-refractivity contribution in [3.63, 3.8) is 0 Å². The molecule has 0 bridgehead atoms. The number of nitrogen functional groups attached to an aromatic ring is 1. The fraction of sp³-hybridized carbons (Fsp3) is 0.714. The topological polar surface area (TPSA) is 82.3 Å². The molecule has 0 aromatic carbocycles.